The second-order valence-electron chi connectivity index (χ2n) is 5.13. The van der Waals surface area contributed by atoms with Crippen molar-refractivity contribution in [3.8, 4) is 0 Å². The van der Waals surface area contributed by atoms with Crippen LogP contribution in [-0.4, -0.2) is 62.0 Å². The van der Waals surface area contributed by atoms with E-state index in [2.05, 4.69) is 16.8 Å². The molecule has 1 saturated heterocycles. The number of unbranched alkanes of at least 4 members (excludes halogenated alkanes) is 3. The van der Waals surface area contributed by atoms with Gasteiger partial charge in [0.25, 0.3) is 0 Å². The Hall–Kier alpha value is -0.870. The van der Waals surface area contributed by atoms with Gasteiger partial charge >= 0.3 is 0 Å². The lowest BCUT2D eigenvalue weighted by Crippen LogP contribution is -2.57. The minimum atomic E-state index is 0.0214. The summed E-state index contributed by atoms with van der Waals surface area (Å²) in [6, 6.07) is 0.0214. The fourth-order valence-corrected chi connectivity index (χ4v) is 2.34. The summed E-state index contributed by atoms with van der Waals surface area (Å²) < 4.78 is 0. The Balaban J connectivity index is 2.35. The molecule has 18 heavy (non-hydrogen) atoms. The van der Waals surface area contributed by atoms with E-state index >= 15 is 0 Å². The second kappa shape index (κ2) is 8.27. The molecule has 4 nitrogen and oxygen atoms in total. The summed E-state index contributed by atoms with van der Waals surface area (Å²) in [4.78, 5) is 16.1. The van der Waals surface area contributed by atoms with Crippen molar-refractivity contribution >= 4 is 5.91 Å². The fourth-order valence-electron chi connectivity index (χ4n) is 2.34. The zero-order chi connectivity index (χ0) is 13.4. The van der Waals surface area contributed by atoms with Gasteiger partial charge in [0, 0.05) is 33.7 Å². The van der Waals surface area contributed by atoms with Gasteiger partial charge in [0.2, 0.25) is 5.91 Å². The summed E-state index contributed by atoms with van der Waals surface area (Å²) >= 11 is 0. The maximum absolute atomic E-state index is 12.1. The smallest absolute Gasteiger partial charge is 0.240 e. The molecule has 1 heterocycles. The highest BCUT2D eigenvalue weighted by atomic mass is 16.2. The number of carbonyl (C=O) groups is 1. The van der Waals surface area contributed by atoms with Gasteiger partial charge in [-0.05, 0) is 25.8 Å². The van der Waals surface area contributed by atoms with Crippen LogP contribution in [0.4, 0.5) is 0 Å². The molecule has 1 N–H and O–H groups in total. The maximum Gasteiger partial charge on any atom is 0.240 e. The van der Waals surface area contributed by atoms with Crippen LogP contribution in [0.5, 0.6) is 0 Å². The molecule has 0 spiro atoms. The van der Waals surface area contributed by atoms with Crippen molar-refractivity contribution in [3.05, 3.63) is 12.7 Å². The Kier molecular flexibility index (Phi) is 6.98. The van der Waals surface area contributed by atoms with Crippen LogP contribution in [0.25, 0.3) is 0 Å². The van der Waals surface area contributed by atoms with Crippen molar-refractivity contribution in [1.29, 1.82) is 0 Å². The normalized spacial score (nSPS) is 20.7. The molecule has 0 aromatic carbocycles. The van der Waals surface area contributed by atoms with Crippen molar-refractivity contribution in [1.82, 2.24) is 15.1 Å². The number of allylic oxidation sites excluding steroid dienone is 1. The van der Waals surface area contributed by atoms with Crippen molar-refractivity contribution < 1.29 is 4.79 Å². The first kappa shape index (κ1) is 15.2. The molecule has 0 saturated carbocycles. The third-order valence-corrected chi connectivity index (χ3v) is 3.43. The maximum atomic E-state index is 12.1. The van der Waals surface area contributed by atoms with E-state index in [1.807, 2.05) is 20.2 Å². The molecule has 4 heteroatoms. The quantitative estimate of drug-likeness (QED) is 0.545. The number of likely N-dealkylation sites (N-methyl/N-ethyl adjacent to an activating group) is 1. The minimum absolute atomic E-state index is 0.0214. The number of hydrogen-bond acceptors (Lipinski definition) is 3. The number of nitrogens with one attached hydrogen (secondary N) is 1. The molecule has 0 aromatic rings. The van der Waals surface area contributed by atoms with Crippen LogP contribution in [0.1, 0.15) is 25.7 Å². The Morgan fingerprint density at radius 1 is 1.44 bits per heavy atom. The van der Waals surface area contributed by atoms with Gasteiger partial charge in [-0.2, -0.15) is 0 Å². The lowest BCUT2D eigenvalue weighted by Gasteiger charge is -2.36. The number of amides is 1. The molecule has 1 fully saturated rings. The topological polar surface area (TPSA) is 35.6 Å². The van der Waals surface area contributed by atoms with Crippen molar-refractivity contribution in [3.63, 3.8) is 0 Å². The summed E-state index contributed by atoms with van der Waals surface area (Å²) in [7, 11) is 3.67. The summed E-state index contributed by atoms with van der Waals surface area (Å²) in [6.07, 6.45) is 6.68. The molecular weight excluding hydrogens is 226 g/mol. The first-order valence-electron chi connectivity index (χ1n) is 6.93. The van der Waals surface area contributed by atoms with E-state index < -0.39 is 0 Å². The molecule has 0 aliphatic carbocycles. The summed E-state index contributed by atoms with van der Waals surface area (Å²) in [5, 5.41) is 3.31. The number of carbonyl (C=O) groups excluding carboxylic acids is 1. The number of nitrogens with zero attached hydrogens (tertiary/aromatic N) is 2. The van der Waals surface area contributed by atoms with E-state index in [1.165, 1.54) is 19.3 Å². The first-order valence-corrected chi connectivity index (χ1v) is 6.93. The molecule has 1 aliphatic heterocycles. The van der Waals surface area contributed by atoms with Gasteiger partial charge in [0.1, 0.15) is 6.04 Å². The summed E-state index contributed by atoms with van der Waals surface area (Å²) in [6.45, 7) is 7.51. The Labute approximate surface area is 111 Å². The van der Waals surface area contributed by atoms with Crippen molar-refractivity contribution in [2.75, 3.05) is 40.3 Å². The lowest BCUT2D eigenvalue weighted by molar-refractivity contribution is -0.135. The van der Waals surface area contributed by atoms with Crippen LogP contribution >= 0.6 is 0 Å². The number of piperazine rings is 1. The molecule has 1 unspecified atom stereocenters. The van der Waals surface area contributed by atoms with Crippen LogP contribution < -0.4 is 5.32 Å². The monoisotopic (exact) mass is 253 g/mol. The highest BCUT2D eigenvalue weighted by Crippen LogP contribution is 2.09. The van der Waals surface area contributed by atoms with Crippen LogP contribution in [0, 0.1) is 0 Å². The van der Waals surface area contributed by atoms with E-state index in [1.54, 1.807) is 4.90 Å². The van der Waals surface area contributed by atoms with Crippen LogP contribution in [0.2, 0.25) is 0 Å². The van der Waals surface area contributed by atoms with Gasteiger partial charge in [-0.1, -0.05) is 12.5 Å². The van der Waals surface area contributed by atoms with Crippen molar-refractivity contribution in [2.24, 2.45) is 0 Å². The van der Waals surface area contributed by atoms with Crippen LogP contribution in [0.3, 0.4) is 0 Å². The number of rotatable bonds is 7. The van der Waals surface area contributed by atoms with Crippen molar-refractivity contribution in [2.45, 2.75) is 31.7 Å². The zero-order valence-electron chi connectivity index (χ0n) is 11.8. The molecule has 0 bridgehead atoms. The van der Waals surface area contributed by atoms with Crippen LogP contribution in [-0.2, 0) is 4.79 Å². The Bertz CT molecular complexity index is 266. The van der Waals surface area contributed by atoms with Gasteiger partial charge in [-0.25, -0.2) is 0 Å². The highest BCUT2D eigenvalue weighted by molar-refractivity contribution is 5.81. The van der Waals surface area contributed by atoms with E-state index in [9.17, 15) is 4.79 Å². The Morgan fingerprint density at radius 3 is 2.89 bits per heavy atom. The minimum Gasteiger partial charge on any atom is -0.347 e. The molecule has 1 amide bonds. The molecule has 0 aromatic heterocycles. The molecule has 1 aliphatic rings. The standard InChI is InChI=1S/C14H27N3O/c1-4-5-6-7-8-10-17-11-9-15-12-13(17)14(18)16(2)3/h4,13,15H,1,5-12H2,2-3H3. The van der Waals surface area contributed by atoms with E-state index in [0.29, 0.717) is 0 Å². The first-order chi connectivity index (χ1) is 8.66. The average Bonchev–Trinajstić information content (AvgIpc) is 2.38. The van der Waals surface area contributed by atoms with Gasteiger partial charge in [-0.15, -0.1) is 6.58 Å². The highest BCUT2D eigenvalue weighted by Gasteiger charge is 2.28. The van der Waals surface area contributed by atoms with Gasteiger partial charge in [-0.3, -0.25) is 9.69 Å². The zero-order valence-corrected chi connectivity index (χ0v) is 11.8. The molecular formula is C14H27N3O. The van der Waals surface area contributed by atoms with Gasteiger partial charge < -0.3 is 10.2 Å². The third kappa shape index (κ3) is 4.78. The predicted octanol–water partition coefficient (Wildman–Crippen LogP) is 1.09. The molecule has 1 atom stereocenters. The fraction of sp³-hybridized carbons (Fsp3) is 0.786. The lowest BCUT2D eigenvalue weighted by atomic mass is 10.1. The van der Waals surface area contributed by atoms with Gasteiger partial charge in [0.15, 0.2) is 0 Å². The SMILES string of the molecule is C=CCCCCCN1CCNCC1C(=O)N(C)C. The van der Waals surface area contributed by atoms with E-state index in [4.69, 9.17) is 0 Å². The second-order valence-corrected chi connectivity index (χ2v) is 5.13. The summed E-state index contributed by atoms with van der Waals surface area (Å²) in [5.41, 5.74) is 0. The molecule has 104 valence electrons. The number of hydrogen-bond donors (Lipinski definition) is 1. The summed E-state index contributed by atoms with van der Waals surface area (Å²) in [5.74, 6) is 0.216. The average molecular weight is 253 g/mol. The third-order valence-electron chi connectivity index (χ3n) is 3.43. The predicted molar refractivity (Wildman–Crippen MR) is 75.6 cm³/mol. The van der Waals surface area contributed by atoms with E-state index in [0.717, 1.165) is 32.6 Å². The van der Waals surface area contributed by atoms with Crippen LogP contribution in [0.15, 0.2) is 12.7 Å². The Morgan fingerprint density at radius 2 is 2.22 bits per heavy atom. The molecule has 1 rings (SSSR count). The van der Waals surface area contributed by atoms with Gasteiger partial charge in [0.05, 0.1) is 0 Å². The molecule has 0 radical (unpaired) electrons. The largest absolute Gasteiger partial charge is 0.347 e. The van der Waals surface area contributed by atoms with E-state index in [-0.39, 0.29) is 11.9 Å².